The van der Waals surface area contributed by atoms with Gasteiger partial charge in [-0.05, 0) is 0 Å². The molecule has 10 heavy (non-hydrogen) atoms. The first-order valence-corrected chi connectivity index (χ1v) is 2.18. The zero-order chi connectivity index (χ0) is 8.36. The third-order valence-electron chi connectivity index (χ3n) is 0.696. The van der Waals surface area contributed by atoms with Crippen molar-refractivity contribution in [2.75, 3.05) is 7.11 Å². The lowest BCUT2D eigenvalue weighted by Gasteiger charge is -2.08. The molecule has 0 saturated carbocycles. The van der Waals surface area contributed by atoms with Crippen molar-refractivity contribution in [1.29, 1.82) is 0 Å². The first-order chi connectivity index (χ1) is 4.39. The number of halogens is 4. The fourth-order valence-electron chi connectivity index (χ4n) is 0.237. The molecule has 2 nitrogen and oxygen atoms in total. The summed E-state index contributed by atoms with van der Waals surface area (Å²) < 4.78 is 48.8. The molecule has 0 unspecified atom stereocenters. The molecule has 0 radical (unpaired) electrons. The Labute approximate surface area is 53.8 Å². The van der Waals surface area contributed by atoms with Gasteiger partial charge in [0.25, 0.3) is 6.17 Å². The van der Waals surface area contributed by atoms with Crippen LogP contribution in [0.5, 0.6) is 0 Å². The number of alkyl halides is 4. The minimum atomic E-state index is -5.16. The van der Waals surface area contributed by atoms with Gasteiger partial charge < -0.3 is 4.74 Å². The monoisotopic (exact) mass is 160 g/mol. The van der Waals surface area contributed by atoms with E-state index in [-0.39, 0.29) is 0 Å². The van der Waals surface area contributed by atoms with Gasteiger partial charge in [0.15, 0.2) is 0 Å². The van der Waals surface area contributed by atoms with Gasteiger partial charge in [-0.25, -0.2) is 9.18 Å². The van der Waals surface area contributed by atoms with Crippen LogP contribution in [0.3, 0.4) is 0 Å². The highest BCUT2D eigenvalue weighted by molar-refractivity contribution is 5.75. The predicted molar refractivity (Wildman–Crippen MR) is 23.0 cm³/mol. The molecule has 0 heterocycles. The Kier molecular flexibility index (Phi) is 2.62. The molecule has 0 bridgehead atoms. The average Bonchev–Trinajstić information content (AvgIpc) is 1.83. The molecule has 0 fully saturated rings. The summed E-state index contributed by atoms with van der Waals surface area (Å²) in [4.78, 5) is 9.84. The molecule has 0 amide bonds. The van der Waals surface area contributed by atoms with Gasteiger partial charge in [0.1, 0.15) is 0 Å². The van der Waals surface area contributed by atoms with Gasteiger partial charge >= 0.3 is 12.1 Å². The van der Waals surface area contributed by atoms with Crippen molar-refractivity contribution in [2.45, 2.75) is 12.3 Å². The summed E-state index contributed by atoms with van der Waals surface area (Å²) in [5, 5.41) is 0. The SMILES string of the molecule is COC(=O)[C@H](F)C(F)(F)F. The summed E-state index contributed by atoms with van der Waals surface area (Å²) >= 11 is 0. The molecule has 60 valence electrons. The van der Waals surface area contributed by atoms with Crippen LogP contribution in [-0.2, 0) is 9.53 Å². The van der Waals surface area contributed by atoms with Crippen molar-refractivity contribution in [2.24, 2.45) is 0 Å². The van der Waals surface area contributed by atoms with Crippen molar-refractivity contribution >= 4 is 5.97 Å². The van der Waals surface area contributed by atoms with Crippen LogP contribution in [0.15, 0.2) is 0 Å². The second-order valence-electron chi connectivity index (χ2n) is 1.43. The average molecular weight is 160 g/mol. The number of hydrogen-bond acceptors (Lipinski definition) is 2. The Balaban J connectivity index is 4.08. The predicted octanol–water partition coefficient (Wildman–Crippen LogP) is 1.06. The molecule has 0 aliphatic heterocycles. The summed E-state index contributed by atoms with van der Waals surface area (Å²) in [6, 6.07) is 0. The van der Waals surface area contributed by atoms with E-state index in [2.05, 4.69) is 4.74 Å². The number of methoxy groups -OCH3 is 1. The Hall–Kier alpha value is -0.810. The van der Waals surface area contributed by atoms with Gasteiger partial charge in [0.2, 0.25) is 0 Å². The first kappa shape index (κ1) is 9.19. The molecule has 6 heteroatoms. The fraction of sp³-hybridized carbons (Fsp3) is 0.750. The lowest BCUT2D eigenvalue weighted by atomic mass is 10.4. The first-order valence-electron chi connectivity index (χ1n) is 2.18. The lowest BCUT2D eigenvalue weighted by Crippen LogP contribution is -2.33. The largest absolute Gasteiger partial charge is 0.467 e. The van der Waals surface area contributed by atoms with Gasteiger partial charge in [-0.2, -0.15) is 13.2 Å². The number of carbonyl (C=O) groups excluding carboxylic acids is 1. The van der Waals surface area contributed by atoms with E-state index >= 15 is 0 Å². The molecule has 0 N–H and O–H groups in total. The van der Waals surface area contributed by atoms with Crippen LogP contribution in [0.25, 0.3) is 0 Å². The molecule has 0 saturated heterocycles. The van der Waals surface area contributed by atoms with Gasteiger partial charge in [-0.15, -0.1) is 0 Å². The van der Waals surface area contributed by atoms with Gasteiger partial charge in [-0.1, -0.05) is 0 Å². The van der Waals surface area contributed by atoms with E-state index in [0.717, 1.165) is 0 Å². The number of esters is 1. The zero-order valence-corrected chi connectivity index (χ0v) is 4.91. The second kappa shape index (κ2) is 2.85. The highest BCUT2D eigenvalue weighted by atomic mass is 19.4. The minimum absolute atomic E-state index is 0.681. The van der Waals surface area contributed by atoms with Crippen LogP contribution in [0.1, 0.15) is 0 Å². The van der Waals surface area contributed by atoms with Crippen molar-refractivity contribution in [1.82, 2.24) is 0 Å². The molecular formula is C4H4F4O2. The minimum Gasteiger partial charge on any atom is -0.467 e. The maximum absolute atomic E-state index is 11.7. The van der Waals surface area contributed by atoms with Crippen LogP contribution in [0.2, 0.25) is 0 Å². The van der Waals surface area contributed by atoms with Crippen molar-refractivity contribution in [3.05, 3.63) is 0 Å². The summed E-state index contributed by atoms with van der Waals surface area (Å²) in [7, 11) is 0.681. The third-order valence-corrected chi connectivity index (χ3v) is 0.696. The van der Waals surface area contributed by atoms with Gasteiger partial charge in [-0.3, -0.25) is 0 Å². The van der Waals surface area contributed by atoms with Crippen molar-refractivity contribution in [3.63, 3.8) is 0 Å². The van der Waals surface area contributed by atoms with Crippen LogP contribution in [-0.4, -0.2) is 25.4 Å². The molecule has 1 atom stereocenters. The standard InChI is InChI=1S/C4H4F4O2/c1-10-3(9)2(5)4(6,7)8/h2H,1H3/t2-/m0/s1. The maximum atomic E-state index is 11.7. The van der Waals surface area contributed by atoms with Crippen LogP contribution in [0.4, 0.5) is 17.6 Å². The maximum Gasteiger partial charge on any atom is 0.430 e. The van der Waals surface area contributed by atoms with Crippen LogP contribution in [0, 0.1) is 0 Å². The number of ether oxygens (including phenoxy) is 1. The molecule has 0 aromatic rings. The van der Waals surface area contributed by atoms with Crippen molar-refractivity contribution in [3.8, 4) is 0 Å². The smallest absolute Gasteiger partial charge is 0.430 e. The summed E-state index contributed by atoms with van der Waals surface area (Å²) in [6.45, 7) is 0. The molecule has 0 rings (SSSR count). The van der Waals surface area contributed by atoms with E-state index in [1.54, 1.807) is 0 Å². The van der Waals surface area contributed by atoms with Crippen LogP contribution < -0.4 is 0 Å². The Morgan fingerprint density at radius 3 is 2.00 bits per heavy atom. The normalized spacial score (nSPS) is 14.5. The Morgan fingerprint density at radius 1 is 1.50 bits per heavy atom. The molecule has 0 spiro atoms. The zero-order valence-electron chi connectivity index (χ0n) is 4.91. The lowest BCUT2D eigenvalue weighted by molar-refractivity contribution is -0.199. The number of rotatable bonds is 1. The highest BCUT2D eigenvalue weighted by Gasteiger charge is 2.46. The van der Waals surface area contributed by atoms with E-state index < -0.39 is 18.3 Å². The van der Waals surface area contributed by atoms with Gasteiger partial charge in [0, 0.05) is 0 Å². The number of hydrogen-bond donors (Lipinski definition) is 0. The van der Waals surface area contributed by atoms with Crippen molar-refractivity contribution < 1.29 is 27.1 Å². The van der Waals surface area contributed by atoms with E-state index in [0.29, 0.717) is 7.11 Å². The Morgan fingerprint density at radius 2 is 1.90 bits per heavy atom. The Bertz CT molecular complexity index is 130. The molecule has 0 aromatic heterocycles. The van der Waals surface area contributed by atoms with E-state index in [9.17, 15) is 22.4 Å². The fourth-order valence-corrected chi connectivity index (χ4v) is 0.237. The summed E-state index contributed by atoms with van der Waals surface area (Å²) in [6.07, 6.45) is -8.69. The highest BCUT2D eigenvalue weighted by Crippen LogP contribution is 2.23. The molecule has 0 aliphatic rings. The summed E-state index contributed by atoms with van der Waals surface area (Å²) in [5.41, 5.74) is 0. The van der Waals surface area contributed by atoms with E-state index in [4.69, 9.17) is 0 Å². The van der Waals surface area contributed by atoms with E-state index in [1.165, 1.54) is 0 Å². The third kappa shape index (κ3) is 2.20. The second-order valence-corrected chi connectivity index (χ2v) is 1.43. The van der Waals surface area contributed by atoms with Gasteiger partial charge in [0.05, 0.1) is 7.11 Å². The molecular weight excluding hydrogens is 156 g/mol. The van der Waals surface area contributed by atoms with E-state index in [1.807, 2.05) is 0 Å². The van der Waals surface area contributed by atoms with Crippen LogP contribution >= 0.6 is 0 Å². The molecule has 0 aromatic carbocycles. The topological polar surface area (TPSA) is 26.3 Å². The number of carbonyl (C=O) groups is 1. The summed E-state index contributed by atoms with van der Waals surface area (Å²) in [5.74, 6) is -1.92. The quantitative estimate of drug-likeness (QED) is 0.423. The molecule has 0 aliphatic carbocycles.